The van der Waals surface area contributed by atoms with Crippen LogP contribution in [0.4, 0.5) is 0 Å². The number of fused-ring (bicyclic) bond motifs is 8. The second-order valence-electron chi connectivity index (χ2n) is 8.98. The Morgan fingerprint density at radius 3 is 2.06 bits per heavy atom. The van der Waals surface area contributed by atoms with Crippen LogP contribution in [-0.2, 0) is 0 Å². The Bertz CT molecular complexity index is 2100. The summed E-state index contributed by atoms with van der Waals surface area (Å²) >= 11 is 0. The van der Waals surface area contributed by atoms with E-state index < -0.39 is 0 Å². The average molecular weight is 462 g/mol. The molecule has 4 heterocycles. The average Bonchev–Trinajstić information content (AvgIpc) is 3.48. The molecular formula is C31H19N5. The molecule has 8 aromatic rings. The maximum atomic E-state index is 5.16. The van der Waals surface area contributed by atoms with Gasteiger partial charge in [-0.1, -0.05) is 78.9 Å². The number of rotatable bonds is 2. The van der Waals surface area contributed by atoms with Crippen LogP contribution in [0.3, 0.4) is 0 Å². The van der Waals surface area contributed by atoms with E-state index in [9.17, 15) is 0 Å². The van der Waals surface area contributed by atoms with Crippen molar-refractivity contribution in [1.29, 1.82) is 0 Å². The lowest BCUT2D eigenvalue weighted by molar-refractivity contribution is 1.01. The van der Waals surface area contributed by atoms with Crippen molar-refractivity contribution >= 4 is 49.4 Å². The summed E-state index contributed by atoms with van der Waals surface area (Å²) in [6.45, 7) is 0. The zero-order valence-electron chi connectivity index (χ0n) is 19.2. The summed E-state index contributed by atoms with van der Waals surface area (Å²) < 4.78 is 4.34. The van der Waals surface area contributed by atoms with Crippen molar-refractivity contribution in [2.75, 3.05) is 0 Å². The van der Waals surface area contributed by atoms with Crippen LogP contribution < -0.4 is 0 Å². The highest BCUT2D eigenvalue weighted by Crippen LogP contribution is 2.36. The molecule has 0 saturated carbocycles. The van der Waals surface area contributed by atoms with Gasteiger partial charge in [0.1, 0.15) is 5.65 Å². The molecule has 5 nitrogen and oxygen atoms in total. The second kappa shape index (κ2) is 7.23. The second-order valence-corrected chi connectivity index (χ2v) is 8.98. The van der Waals surface area contributed by atoms with Gasteiger partial charge in [0, 0.05) is 22.5 Å². The number of para-hydroxylation sites is 4. The highest BCUT2D eigenvalue weighted by atomic mass is 15.2. The molecule has 8 rings (SSSR count). The first kappa shape index (κ1) is 19.3. The first-order valence-electron chi connectivity index (χ1n) is 12.0. The maximum absolute atomic E-state index is 5.16. The SMILES string of the molecule is c1ccc(-c2nc(-n3c4ccccc4c4c3ccn3c5ccccc5nc43)nc3ccccc23)cc1. The third-order valence-electron chi connectivity index (χ3n) is 6.95. The van der Waals surface area contributed by atoms with Gasteiger partial charge in [0.2, 0.25) is 5.95 Å². The zero-order valence-corrected chi connectivity index (χ0v) is 19.2. The van der Waals surface area contributed by atoms with E-state index in [1.165, 1.54) is 0 Å². The number of pyridine rings is 1. The summed E-state index contributed by atoms with van der Waals surface area (Å²) in [5.74, 6) is 0.652. The lowest BCUT2D eigenvalue weighted by Gasteiger charge is -2.11. The van der Waals surface area contributed by atoms with Crippen molar-refractivity contribution in [1.82, 2.24) is 23.9 Å². The molecule has 0 unspecified atom stereocenters. The molecule has 0 bridgehead atoms. The summed E-state index contributed by atoms with van der Waals surface area (Å²) in [5.41, 5.74) is 8.02. The molecular weight excluding hydrogens is 442 g/mol. The Hall–Kier alpha value is -5.03. The zero-order chi connectivity index (χ0) is 23.6. The molecule has 36 heavy (non-hydrogen) atoms. The molecule has 4 aromatic carbocycles. The van der Waals surface area contributed by atoms with Crippen molar-refractivity contribution in [3.05, 3.63) is 115 Å². The fraction of sp³-hybridized carbons (Fsp3) is 0. The molecule has 0 saturated heterocycles. The number of imidazole rings is 1. The Kier molecular flexibility index (Phi) is 3.88. The molecule has 5 heteroatoms. The molecule has 0 aliphatic carbocycles. The fourth-order valence-electron chi connectivity index (χ4n) is 5.37. The standard InChI is InChI=1S/C31H19N5/c1-2-10-20(11-3-1)29-21-12-4-6-14-23(21)33-31(34-29)36-25-16-8-5-13-22(25)28-27(36)18-19-35-26-17-9-7-15-24(26)32-30(28)35/h1-19H. The normalized spacial score (nSPS) is 11.9. The Labute approximate surface area is 205 Å². The molecule has 0 radical (unpaired) electrons. The molecule has 0 amide bonds. The number of hydrogen-bond acceptors (Lipinski definition) is 3. The summed E-state index contributed by atoms with van der Waals surface area (Å²) in [5, 5.41) is 3.27. The van der Waals surface area contributed by atoms with Gasteiger partial charge in [-0.2, -0.15) is 0 Å². The highest BCUT2D eigenvalue weighted by molar-refractivity contribution is 6.16. The van der Waals surface area contributed by atoms with Gasteiger partial charge in [-0.25, -0.2) is 15.0 Å². The monoisotopic (exact) mass is 461 g/mol. The smallest absolute Gasteiger partial charge is 0.235 e. The van der Waals surface area contributed by atoms with Crippen LogP contribution in [0.5, 0.6) is 0 Å². The van der Waals surface area contributed by atoms with Crippen molar-refractivity contribution in [3.8, 4) is 17.2 Å². The molecule has 4 aromatic heterocycles. The van der Waals surface area contributed by atoms with Crippen LogP contribution in [0.25, 0.3) is 66.6 Å². The lowest BCUT2D eigenvalue weighted by atomic mass is 10.1. The topological polar surface area (TPSA) is 48.0 Å². The van der Waals surface area contributed by atoms with Crippen LogP contribution in [0.15, 0.2) is 115 Å². The van der Waals surface area contributed by atoms with Gasteiger partial charge in [0.15, 0.2) is 0 Å². The van der Waals surface area contributed by atoms with E-state index in [0.29, 0.717) is 5.95 Å². The van der Waals surface area contributed by atoms with E-state index in [0.717, 1.165) is 60.6 Å². The van der Waals surface area contributed by atoms with Gasteiger partial charge >= 0.3 is 0 Å². The van der Waals surface area contributed by atoms with E-state index in [2.05, 4.69) is 88.0 Å². The van der Waals surface area contributed by atoms with Crippen LogP contribution >= 0.6 is 0 Å². The Balaban J connectivity index is 1.53. The van der Waals surface area contributed by atoms with E-state index in [-0.39, 0.29) is 0 Å². The summed E-state index contributed by atoms with van der Waals surface area (Å²) in [4.78, 5) is 15.2. The molecule has 0 N–H and O–H groups in total. The number of benzene rings is 4. The van der Waals surface area contributed by atoms with Crippen molar-refractivity contribution in [3.63, 3.8) is 0 Å². The Morgan fingerprint density at radius 2 is 1.19 bits per heavy atom. The van der Waals surface area contributed by atoms with Crippen LogP contribution in [0.2, 0.25) is 0 Å². The van der Waals surface area contributed by atoms with Crippen molar-refractivity contribution in [2.24, 2.45) is 0 Å². The minimum Gasteiger partial charge on any atom is -0.299 e. The predicted octanol–water partition coefficient (Wildman–Crippen LogP) is 7.19. The third kappa shape index (κ3) is 2.62. The first-order valence-corrected chi connectivity index (χ1v) is 12.0. The lowest BCUT2D eigenvalue weighted by Crippen LogP contribution is -2.03. The van der Waals surface area contributed by atoms with E-state index in [1.807, 2.05) is 36.4 Å². The minimum absolute atomic E-state index is 0.652. The van der Waals surface area contributed by atoms with Crippen LogP contribution in [0.1, 0.15) is 0 Å². The first-order chi connectivity index (χ1) is 17.9. The highest BCUT2D eigenvalue weighted by Gasteiger charge is 2.20. The molecule has 0 atom stereocenters. The van der Waals surface area contributed by atoms with Gasteiger partial charge in [-0.05, 0) is 30.3 Å². The van der Waals surface area contributed by atoms with Gasteiger partial charge in [0.25, 0.3) is 0 Å². The molecule has 168 valence electrons. The van der Waals surface area contributed by atoms with Gasteiger partial charge in [-0.3, -0.25) is 8.97 Å². The van der Waals surface area contributed by atoms with Crippen molar-refractivity contribution in [2.45, 2.75) is 0 Å². The molecule has 0 fully saturated rings. The van der Waals surface area contributed by atoms with Gasteiger partial charge in [0.05, 0.1) is 38.7 Å². The van der Waals surface area contributed by atoms with E-state index >= 15 is 0 Å². The number of hydrogen-bond donors (Lipinski definition) is 0. The summed E-state index contributed by atoms with van der Waals surface area (Å²) in [6, 6.07) is 37.4. The van der Waals surface area contributed by atoms with E-state index in [1.54, 1.807) is 0 Å². The fourth-order valence-corrected chi connectivity index (χ4v) is 5.37. The van der Waals surface area contributed by atoms with Crippen LogP contribution in [0, 0.1) is 0 Å². The molecule has 0 aliphatic rings. The number of nitrogens with zero attached hydrogens (tertiary/aromatic N) is 5. The molecule has 0 spiro atoms. The molecule has 0 aliphatic heterocycles. The third-order valence-corrected chi connectivity index (χ3v) is 6.95. The van der Waals surface area contributed by atoms with E-state index in [4.69, 9.17) is 15.0 Å². The quantitative estimate of drug-likeness (QED) is 0.274. The van der Waals surface area contributed by atoms with Gasteiger partial charge < -0.3 is 0 Å². The largest absolute Gasteiger partial charge is 0.299 e. The predicted molar refractivity (Wildman–Crippen MR) is 146 cm³/mol. The van der Waals surface area contributed by atoms with Crippen molar-refractivity contribution < 1.29 is 0 Å². The summed E-state index contributed by atoms with van der Waals surface area (Å²) in [7, 11) is 0. The van der Waals surface area contributed by atoms with Gasteiger partial charge in [-0.15, -0.1) is 0 Å². The Morgan fingerprint density at radius 1 is 0.500 bits per heavy atom. The minimum atomic E-state index is 0.652. The van der Waals surface area contributed by atoms with Crippen LogP contribution in [-0.4, -0.2) is 23.9 Å². The number of aromatic nitrogens is 5. The summed E-state index contributed by atoms with van der Waals surface area (Å²) in [6.07, 6.45) is 2.10. The maximum Gasteiger partial charge on any atom is 0.235 e.